The van der Waals surface area contributed by atoms with Crippen molar-refractivity contribution in [1.82, 2.24) is 20.2 Å². The summed E-state index contributed by atoms with van der Waals surface area (Å²) in [5, 5.41) is 6.53. The van der Waals surface area contributed by atoms with E-state index in [2.05, 4.69) is 20.2 Å². The Hall–Kier alpha value is -1.39. The Morgan fingerprint density at radius 3 is 3.20 bits per heavy atom. The maximum Gasteiger partial charge on any atom is 0.173 e. The van der Waals surface area contributed by atoms with Gasteiger partial charge in [0.15, 0.2) is 13.5 Å². The van der Waals surface area contributed by atoms with Crippen LogP contribution in [0.5, 0.6) is 0 Å². The van der Waals surface area contributed by atoms with Gasteiger partial charge in [-0.25, -0.2) is 4.98 Å². The second-order valence-corrected chi connectivity index (χ2v) is 2.12. The molecule has 0 aliphatic carbocycles. The van der Waals surface area contributed by atoms with Crippen molar-refractivity contribution in [3.8, 4) is 0 Å². The summed E-state index contributed by atoms with van der Waals surface area (Å²) in [7, 11) is 1.90. The predicted octanol–water partition coefficient (Wildman–Crippen LogP) is -1.39. The third kappa shape index (κ3) is 0.672. The SMILES string of the molecule is Bc1cnc2cn[nH]c2n1. The normalized spacial score (nSPS) is 10.4. The molecule has 0 bridgehead atoms. The van der Waals surface area contributed by atoms with Crippen LogP contribution in [0, 0.1) is 0 Å². The number of aromatic nitrogens is 4. The first-order valence-corrected chi connectivity index (χ1v) is 2.99. The highest BCUT2D eigenvalue weighted by Gasteiger charge is 1.95. The van der Waals surface area contributed by atoms with Gasteiger partial charge >= 0.3 is 0 Å². The van der Waals surface area contributed by atoms with Gasteiger partial charge < -0.3 is 0 Å². The van der Waals surface area contributed by atoms with Crippen LogP contribution in [0.15, 0.2) is 12.4 Å². The topological polar surface area (TPSA) is 54.5 Å². The number of H-pyrrole nitrogens is 1. The third-order valence-electron chi connectivity index (χ3n) is 1.28. The van der Waals surface area contributed by atoms with E-state index in [0.29, 0.717) is 0 Å². The summed E-state index contributed by atoms with van der Waals surface area (Å²) < 4.78 is 0. The fourth-order valence-electron chi connectivity index (χ4n) is 0.818. The van der Waals surface area contributed by atoms with Gasteiger partial charge in [0, 0.05) is 11.8 Å². The van der Waals surface area contributed by atoms with Crippen molar-refractivity contribution in [1.29, 1.82) is 0 Å². The van der Waals surface area contributed by atoms with E-state index >= 15 is 0 Å². The molecule has 4 nitrogen and oxygen atoms in total. The van der Waals surface area contributed by atoms with Crippen molar-refractivity contribution in [2.45, 2.75) is 0 Å². The van der Waals surface area contributed by atoms with Crippen molar-refractivity contribution in [2.75, 3.05) is 0 Å². The molecule has 2 aromatic rings. The molecule has 5 heteroatoms. The van der Waals surface area contributed by atoms with E-state index in [0.717, 1.165) is 16.8 Å². The standard InChI is InChI=1S/C5H5BN4/c6-4-2-7-3-1-8-10-5(3)9-4/h1-2H,6H2,(H,8,9,10). The Labute approximate surface area is 58.1 Å². The van der Waals surface area contributed by atoms with Gasteiger partial charge in [-0.05, 0) is 0 Å². The molecule has 0 radical (unpaired) electrons. The van der Waals surface area contributed by atoms with Crippen LogP contribution in [0.1, 0.15) is 0 Å². The first-order valence-electron chi connectivity index (χ1n) is 2.99. The predicted molar refractivity (Wildman–Crippen MR) is 39.9 cm³/mol. The lowest BCUT2D eigenvalue weighted by Gasteiger charge is -1.87. The Morgan fingerprint density at radius 2 is 2.30 bits per heavy atom. The van der Waals surface area contributed by atoms with Crippen molar-refractivity contribution in [3.63, 3.8) is 0 Å². The molecule has 2 rings (SSSR count). The van der Waals surface area contributed by atoms with Crippen LogP contribution in [0.2, 0.25) is 0 Å². The Balaban J connectivity index is 2.86. The highest BCUT2D eigenvalue weighted by atomic mass is 15.1. The van der Waals surface area contributed by atoms with Crippen LogP contribution in [-0.4, -0.2) is 28.0 Å². The van der Waals surface area contributed by atoms with Gasteiger partial charge in [0.05, 0.1) is 6.20 Å². The molecule has 0 fully saturated rings. The van der Waals surface area contributed by atoms with Crippen LogP contribution in [0.3, 0.4) is 0 Å². The lowest BCUT2D eigenvalue weighted by Crippen LogP contribution is -2.07. The smallest absolute Gasteiger partial charge is 0.173 e. The molecular formula is C5H5BN4. The van der Waals surface area contributed by atoms with E-state index < -0.39 is 0 Å². The number of nitrogens with zero attached hydrogens (tertiary/aromatic N) is 3. The molecule has 0 saturated carbocycles. The number of nitrogens with one attached hydrogen (secondary N) is 1. The molecule has 10 heavy (non-hydrogen) atoms. The minimum atomic E-state index is 0.750. The average molecular weight is 132 g/mol. The van der Waals surface area contributed by atoms with E-state index in [1.807, 2.05) is 7.85 Å². The lowest BCUT2D eigenvalue weighted by atomic mass is 10.1. The van der Waals surface area contributed by atoms with Gasteiger partial charge in [0.2, 0.25) is 0 Å². The van der Waals surface area contributed by atoms with E-state index in [9.17, 15) is 0 Å². The fraction of sp³-hybridized carbons (Fsp3) is 0. The van der Waals surface area contributed by atoms with Gasteiger partial charge in [-0.2, -0.15) is 5.10 Å². The molecule has 0 aromatic carbocycles. The maximum atomic E-state index is 4.16. The zero-order chi connectivity index (χ0) is 6.97. The first kappa shape index (κ1) is 5.40. The molecule has 0 atom stereocenters. The number of hydrogen-bond acceptors (Lipinski definition) is 3. The van der Waals surface area contributed by atoms with Crippen LogP contribution < -0.4 is 5.59 Å². The van der Waals surface area contributed by atoms with Crippen molar-refractivity contribution in [2.24, 2.45) is 0 Å². The van der Waals surface area contributed by atoms with Gasteiger partial charge in [0.1, 0.15) is 5.52 Å². The molecule has 1 N–H and O–H groups in total. The molecule has 0 spiro atoms. The molecule has 2 heterocycles. The summed E-state index contributed by atoms with van der Waals surface area (Å²) in [6.45, 7) is 0. The molecule has 0 amide bonds. The van der Waals surface area contributed by atoms with Crippen LogP contribution in [0.4, 0.5) is 0 Å². The largest absolute Gasteiger partial charge is 0.259 e. The monoisotopic (exact) mass is 132 g/mol. The second-order valence-electron chi connectivity index (χ2n) is 2.12. The zero-order valence-corrected chi connectivity index (χ0v) is 5.50. The fourth-order valence-corrected chi connectivity index (χ4v) is 0.818. The minimum Gasteiger partial charge on any atom is -0.259 e. The first-order chi connectivity index (χ1) is 4.86. The van der Waals surface area contributed by atoms with Crippen molar-refractivity contribution in [3.05, 3.63) is 12.4 Å². The molecular weight excluding hydrogens is 127 g/mol. The molecule has 0 aliphatic heterocycles. The molecule has 0 aliphatic rings. The average Bonchev–Trinajstić information content (AvgIpc) is 2.33. The Bertz CT molecular complexity index is 355. The summed E-state index contributed by atoms with van der Waals surface area (Å²) in [6, 6.07) is 0. The van der Waals surface area contributed by atoms with E-state index in [-0.39, 0.29) is 0 Å². The van der Waals surface area contributed by atoms with Crippen LogP contribution >= 0.6 is 0 Å². The summed E-state index contributed by atoms with van der Waals surface area (Å²) in [5.41, 5.74) is 2.46. The number of aromatic amines is 1. The van der Waals surface area contributed by atoms with E-state index in [1.165, 1.54) is 0 Å². The van der Waals surface area contributed by atoms with Gasteiger partial charge in [0.25, 0.3) is 0 Å². The van der Waals surface area contributed by atoms with E-state index in [4.69, 9.17) is 0 Å². The van der Waals surface area contributed by atoms with Crippen molar-refractivity contribution >= 4 is 24.6 Å². The third-order valence-corrected chi connectivity index (χ3v) is 1.28. The van der Waals surface area contributed by atoms with Crippen LogP contribution in [0.25, 0.3) is 11.2 Å². The lowest BCUT2D eigenvalue weighted by molar-refractivity contribution is 1.10. The zero-order valence-electron chi connectivity index (χ0n) is 5.50. The van der Waals surface area contributed by atoms with Crippen molar-refractivity contribution < 1.29 is 0 Å². The number of rotatable bonds is 0. The van der Waals surface area contributed by atoms with Gasteiger partial charge in [-0.3, -0.25) is 10.1 Å². The number of fused-ring (bicyclic) bond motifs is 1. The minimum absolute atomic E-state index is 0.750. The van der Waals surface area contributed by atoms with E-state index in [1.54, 1.807) is 12.4 Å². The quantitative estimate of drug-likeness (QED) is 0.449. The van der Waals surface area contributed by atoms with Gasteiger partial charge in [-0.1, -0.05) is 0 Å². The summed E-state index contributed by atoms with van der Waals surface area (Å²) in [6.07, 6.45) is 3.37. The molecule has 48 valence electrons. The highest BCUT2D eigenvalue weighted by molar-refractivity contribution is 6.30. The maximum absolute atomic E-state index is 4.16. The van der Waals surface area contributed by atoms with Gasteiger partial charge in [-0.15, -0.1) is 0 Å². The molecule has 0 unspecified atom stereocenters. The highest BCUT2D eigenvalue weighted by Crippen LogP contribution is 1.97. The summed E-state index contributed by atoms with van der Waals surface area (Å²) >= 11 is 0. The molecule has 0 saturated heterocycles. The van der Waals surface area contributed by atoms with Crippen LogP contribution in [-0.2, 0) is 0 Å². The second kappa shape index (κ2) is 1.80. The summed E-state index contributed by atoms with van der Waals surface area (Å²) in [5.74, 6) is 0. The Morgan fingerprint density at radius 1 is 1.40 bits per heavy atom. The number of hydrogen-bond donors (Lipinski definition) is 1. The molecule has 2 aromatic heterocycles. The Kier molecular flexibility index (Phi) is 0.971. The summed E-state index contributed by atoms with van der Waals surface area (Å²) in [4.78, 5) is 8.24.